The molecule has 1 amide bonds. The highest BCUT2D eigenvalue weighted by Gasteiger charge is 2.34. The van der Waals surface area contributed by atoms with Crippen molar-refractivity contribution in [2.45, 2.75) is 32.4 Å². The summed E-state index contributed by atoms with van der Waals surface area (Å²) in [6.07, 6.45) is -1.07. The lowest BCUT2D eigenvalue weighted by Gasteiger charge is -2.39. The molecule has 0 saturated heterocycles. The fraction of sp³-hybridized carbons (Fsp3) is 0.316. The first-order valence-corrected chi connectivity index (χ1v) is 8.35. The molecular weight excluding hydrogens is 350 g/mol. The molecule has 0 heterocycles. The predicted octanol–water partition coefficient (Wildman–Crippen LogP) is 4.08. The number of hydrogen-bond acceptors (Lipinski definition) is 5. The Morgan fingerprint density at radius 2 is 1.89 bits per heavy atom. The molecule has 0 aliphatic carbocycles. The van der Waals surface area contributed by atoms with E-state index in [1.807, 2.05) is 30.3 Å². The quantitative estimate of drug-likeness (QED) is 0.447. The van der Waals surface area contributed by atoms with E-state index < -0.39 is 22.6 Å². The molecule has 2 rings (SSSR count). The van der Waals surface area contributed by atoms with Crippen LogP contribution in [0.3, 0.4) is 0 Å². The molecule has 8 heteroatoms. The number of ether oxygens (including phenoxy) is 1. The Hall–Kier alpha value is -3.29. The van der Waals surface area contributed by atoms with Crippen LogP contribution in [0.2, 0.25) is 0 Å². The minimum atomic E-state index is -1.07. The number of anilines is 1. The third kappa shape index (κ3) is 4.87. The Kier molecular flexibility index (Phi) is 5.89. The number of nitrogen functional groups attached to an aromatic ring is 1. The van der Waals surface area contributed by atoms with Gasteiger partial charge < -0.3 is 15.6 Å². The van der Waals surface area contributed by atoms with Crippen LogP contribution >= 0.6 is 0 Å². The van der Waals surface area contributed by atoms with Gasteiger partial charge in [-0.2, -0.15) is 0 Å². The highest BCUT2D eigenvalue weighted by Crippen LogP contribution is 2.31. The van der Waals surface area contributed by atoms with E-state index >= 15 is 0 Å². The van der Waals surface area contributed by atoms with E-state index in [-0.39, 0.29) is 18.0 Å². The van der Waals surface area contributed by atoms with Gasteiger partial charge in [-0.05, 0) is 32.4 Å². The molecule has 0 unspecified atom stereocenters. The largest absolute Gasteiger partial charge is 0.491 e. The van der Waals surface area contributed by atoms with Crippen molar-refractivity contribution >= 4 is 17.5 Å². The maximum absolute atomic E-state index is 11.9. The first-order valence-electron chi connectivity index (χ1n) is 8.35. The molecule has 2 aromatic rings. The second kappa shape index (κ2) is 7.94. The number of nitrogens with zero attached hydrogens (tertiary/aromatic N) is 2. The third-order valence-corrected chi connectivity index (χ3v) is 4.03. The Morgan fingerprint density at radius 1 is 1.26 bits per heavy atom. The standard InChI is InChI=1S/C19H23N3O5/c1-19(2,3)21(18(23)24)17(13-7-5-4-6-8-13)12-27-14-9-10-16(22(25)26)15(20)11-14/h4-11,17H,12,20H2,1-3H3,(H,23,24)/t17-/m0/s1. The van der Waals surface area contributed by atoms with Crippen LogP contribution in [0.25, 0.3) is 0 Å². The van der Waals surface area contributed by atoms with Gasteiger partial charge in [0.05, 0.1) is 11.0 Å². The number of amides is 1. The first kappa shape index (κ1) is 20.0. The predicted molar refractivity (Wildman–Crippen MR) is 102 cm³/mol. The molecule has 27 heavy (non-hydrogen) atoms. The number of carboxylic acid groups (broad SMARTS) is 1. The van der Waals surface area contributed by atoms with Crippen molar-refractivity contribution in [3.63, 3.8) is 0 Å². The molecule has 3 N–H and O–H groups in total. The zero-order valence-corrected chi connectivity index (χ0v) is 15.5. The number of carbonyl (C=O) groups is 1. The van der Waals surface area contributed by atoms with E-state index in [9.17, 15) is 20.0 Å². The Bertz CT molecular complexity index is 818. The number of hydrogen-bond donors (Lipinski definition) is 2. The molecule has 0 aliphatic rings. The van der Waals surface area contributed by atoms with Gasteiger partial charge in [0.15, 0.2) is 0 Å². The molecule has 0 radical (unpaired) electrons. The number of nitrogens with two attached hydrogens (primary N) is 1. The van der Waals surface area contributed by atoms with Gasteiger partial charge in [-0.15, -0.1) is 0 Å². The van der Waals surface area contributed by atoms with Gasteiger partial charge in [0.25, 0.3) is 5.69 Å². The van der Waals surface area contributed by atoms with E-state index in [4.69, 9.17) is 10.5 Å². The maximum atomic E-state index is 11.9. The van der Waals surface area contributed by atoms with Gasteiger partial charge in [-0.25, -0.2) is 4.79 Å². The van der Waals surface area contributed by atoms with Gasteiger partial charge in [-0.3, -0.25) is 15.0 Å². The lowest BCUT2D eigenvalue weighted by atomic mass is 9.99. The van der Waals surface area contributed by atoms with Crippen molar-refractivity contribution in [1.29, 1.82) is 0 Å². The van der Waals surface area contributed by atoms with Crippen LogP contribution in [0.1, 0.15) is 32.4 Å². The molecule has 2 aromatic carbocycles. The van der Waals surface area contributed by atoms with Crippen LogP contribution < -0.4 is 10.5 Å². The molecule has 0 aliphatic heterocycles. The zero-order chi connectivity index (χ0) is 20.2. The summed E-state index contributed by atoms with van der Waals surface area (Å²) in [6.45, 7) is 5.45. The van der Waals surface area contributed by atoms with Crippen molar-refractivity contribution in [3.8, 4) is 5.75 Å². The minimum absolute atomic E-state index is 0.0142. The van der Waals surface area contributed by atoms with Crippen LogP contribution in [0.4, 0.5) is 16.2 Å². The molecular formula is C19H23N3O5. The maximum Gasteiger partial charge on any atom is 0.408 e. The molecule has 0 spiro atoms. The smallest absolute Gasteiger partial charge is 0.408 e. The van der Waals surface area contributed by atoms with Crippen LogP contribution in [0.5, 0.6) is 5.75 Å². The van der Waals surface area contributed by atoms with Crippen molar-refractivity contribution in [3.05, 3.63) is 64.2 Å². The van der Waals surface area contributed by atoms with Gasteiger partial charge >= 0.3 is 6.09 Å². The highest BCUT2D eigenvalue weighted by molar-refractivity contribution is 5.67. The molecule has 0 bridgehead atoms. The van der Waals surface area contributed by atoms with E-state index in [1.165, 1.54) is 23.1 Å². The zero-order valence-electron chi connectivity index (χ0n) is 15.5. The summed E-state index contributed by atoms with van der Waals surface area (Å²) in [5, 5.41) is 20.6. The molecule has 0 fully saturated rings. The monoisotopic (exact) mass is 373 g/mol. The van der Waals surface area contributed by atoms with Gasteiger partial charge in [0.1, 0.15) is 18.0 Å². The minimum Gasteiger partial charge on any atom is -0.491 e. The van der Waals surface area contributed by atoms with Crippen molar-refractivity contribution < 1.29 is 19.6 Å². The number of rotatable bonds is 6. The van der Waals surface area contributed by atoms with Crippen LogP contribution in [0, 0.1) is 10.1 Å². The average molecular weight is 373 g/mol. The second-order valence-corrected chi connectivity index (χ2v) is 7.04. The summed E-state index contributed by atoms with van der Waals surface area (Å²) < 4.78 is 5.76. The summed E-state index contributed by atoms with van der Waals surface area (Å²) >= 11 is 0. The lowest BCUT2D eigenvalue weighted by molar-refractivity contribution is -0.383. The SMILES string of the molecule is CC(C)(C)N(C(=O)O)[C@@H](COc1ccc([N+](=O)[O-])c(N)c1)c1ccccc1. The molecule has 8 nitrogen and oxygen atoms in total. The molecule has 144 valence electrons. The third-order valence-electron chi connectivity index (χ3n) is 4.03. The lowest BCUT2D eigenvalue weighted by Crippen LogP contribution is -2.48. The van der Waals surface area contributed by atoms with Gasteiger partial charge in [0, 0.05) is 17.7 Å². The average Bonchev–Trinajstić information content (AvgIpc) is 2.57. The van der Waals surface area contributed by atoms with E-state index in [0.29, 0.717) is 5.75 Å². The fourth-order valence-electron chi connectivity index (χ4n) is 2.85. The Balaban J connectivity index is 2.31. The normalized spacial score (nSPS) is 12.3. The summed E-state index contributed by atoms with van der Waals surface area (Å²) in [5.74, 6) is 0.332. The Labute approximate surface area is 157 Å². The number of benzene rings is 2. The van der Waals surface area contributed by atoms with Crippen LogP contribution in [0.15, 0.2) is 48.5 Å². The summed E-state index contributed by atoms with van der Waals surface area (Å²) in [4.78, 5) is 23.6. The van der Waals surface area contributed by atoms with Crippen molar-refractivity contribution in [2.75, 3.05) is 12.3 Å². The van der Waals surface area contributed by atoms with E-state index in [0.717, 1.165) is 5.56 Å². The first-order chi connectivity index (χ1) is 12.6. The topological polar surface area (TPSA) is 119 Å². The van der Waals surface area contributed by atoms with Crippen molar-refractivity contribution in [1.82, 2.24) is 4.90 Å². The highest BCUT2D eigenvalue weighted by atomic mass is 16.6. The molecule has 1 atom stereocenters. The molecule has 0 aromatic heterocycles. The van der Waals surface area contributed by atoms with Crippen molar-refractivity contribution in [2.24, 2.45) is 0 Å². The van der Waals surface area contributed by atoms with E-state index in [1.54, 1.807) is 20.8 Å². The van der Waals surface area contributed by atoms with Gasteiger partial charge in [-0.1, -0.05) is 30.3 Å². The van der Waals surface area contributed by atoms with E-state index in [2.05, 4.69) is 0 Å². The van der Waals surface area contributed by atoms with Crippen LogP contribution in [-0.2, 0) is 0 Å². The Morgan fingerprint density at radius 3 is 2.37 bits per heavy atom. The fourth-order valence-corrected chi connectivity index (χ4v) is 2.85. The summed E-state index contributed by atoms with van der Waals surface area (Å²) in [6, 6.07) is 12.7. The summed E-state index contributed by atoms with van der Waals surface area (Å²) in [5.41, 5.74) is 5.59. The second-order valence-electron chi connectivity index (χ2n) is 7.04. The molecule has 0 saturated carbocycles. The van der Waals surface area contributed by atoms with Gasteiger partial charge in [0.2, 0.25) is 0 Å². The van der Waals surface area contributed by atoms with Crippen LogP contribution in [-0.4, -0.2) is 33.2 Å². The number of nitro benzene ring substituents is 1. The summed E-state index contributed by atoms with van der Waals surface area (Å²) in [7, 11) is 0. The number of nitro groups is 1.